The zero-order valence-electron chi connectivity index (χ0n) is 6.32. The standard InChI is InChI=1S/C7H7N3O.H2O/c11-10-7-4-2-1-3-6(7)5-8-9-10;/h1-4,8H,5H2;1H2. The van der Waals surface area contributed by atoms with E-state index in [9.17, 15) is 5.21 Å². The van der Waals surface area contributed by atoms with Gasteiger partial charge in [-0.15, -0.1) is 4.86 Å². The lowest BCUT2D eigenvalue weighted by atomic mass is 10.2. The van der Waals surface area contributed by atoms with Crippen molar-refractivity contribution in [3.63, 3.8) is 0 Å². The lowest BCUT2D eigenvalue weighted by Crippen LogP contribution is -2.15. The van der Waals surface area contributed by atoms with Crippen LogP contribution in [0, 0.1) is 5.21 Å². The number of hydrogen-bond acceptors (Lipinski definition) is 3. The van der Waals surface area contributed by atoms with Crippen LogP contribution in [0.5, 0.6) is 0 Å². The van der Waals surface area contributed by atoms with Gasteiger partial charge in [0.25, 0.3) is 0 Å². The predicted octanol–water partition coefficient (Wildman–Crippen LogP) is 0.474. The van der Waals surface area contributed by atoms with Crippen molar-refractivity contribution < 1.29 is 10.3 Å². The van der Waals surface area contributed by atoms with Gasteiger partial charge in [0.2, 0.25) is 0 Å². The third-order valence-corrected chi connectivity index (χ3v) is 1.63. The normalized spacial score (nSPS) is 13.5. The topological polar surface area (TPSA) is 82.0 Å². The van der Waals surface area contributed by atoms with Crippen molar-refractivity contribution in [2.24, 2.45) is 5.22 Å². The molecule has 1 aromatic rings. The largest absolute Gasteiger partial charge is 0.691 e. The minimum Gasteiger partial charge on any atom is -0.691 e. The third-order valence-electron chi connectivity index (χ3n) is 1.63. The smallest absolute Gasteiger partial charge is 0.161 e. The van der Waals surface area contributed by atoms with Gasteiger partial charge in [-0.3, -0.25) is 0 Å². The van der Waals surface area contributed by atoms with Crippen molar-refractivity contribution in [2.45, 2.75) is 6.54 Å². The molecule has 0 fully saturated rings. The van der Waals surface area contributed by atoms with Gasteiger partial charge in [-0.2, -0.15) is 5.43 Å². The van der Waals surface area contributed by atoms with Gasteiger partial charge in [0, 0.05) is 5.56 Å². The molecule has 12 heavy (non-hydrogen) atoms. The van der Waals surface area contributed by atoms with E-state index in [4.69, 9.17) is 0 Å². The molecule has 5 heteroatoms. The minimum absolute atomic E-state index is 0. The summed E-state index contributed by atoms with van der Waals surface area (Å²) in [5.41, 5.74) is 4.24. The number of hydrogen-bond donors (Lipinski definition) is 1. The fourth-order valence-electron chi connectivity index (χ4n) is 1.09. The van der Waals surface area contributed by atoms with E-state index in [2.05, 4.69) is 10.6 Å². The van der Waals surface area contributed by atoms with Gasteiger partial charge < -0.3 is 10.7 Å². The highest BCUT2D eigenvalue weighted by Crippen LogP contribution is 2.19. The molecule has 0 bridgehead atoms. The summed E-state index contributed by atoms with van der Waals surface area (Å²) >= 11 is 0. The second-order valence-corrected chi connectivity index (χ2v) is 2.34. The van der Waals surface area contributed by atoms with Crippen LogP contribution in [-0.4, -0.2) is 10.3 Å². The molecule has 0 amide bonds. The highest BCUT2D eigenvalue weighted by molar-refractivity contribution is 5.39. The lowest BCUT2D eigenvalue weighted by Gasteiger charge is -2.12. The van der Waals surface area contributed by atoms with Crippen LogP contribution in [0.4, 0.5) is 5.69 Å². The monoisotopic (exact) mass is 167 g/mol. The molecule has 1 aliphatic rings. The Bertz CT molecular complexity index is 311. The SMILES string of the molecule is O.[O-][N+]1=NNCc2ccccc21. The van der Waals surface area contributed by atoms with Crippen LogP contribution in [0.15, 0.2) is 29.5 Å². The molecule has 0 aromatic heterocycles. The Hall–Kier alpha value is -1.62. The van der Waals surface area contributed by atoms with Crippen molar-refractivity contribution >= 4 is 5.69 Å². The molecule has 2 rings (SSSR count). The summed E-state index contributed by atoms with van der Waals surface area (Å²) in [7, 11) is 0. The Morgan fingerprint density at radius 1 is 1.42 bits per heavy atom. The molecule has 0 atom stereocenters. The lowest BCUT2D eigenvalue weighted by molar-refractivity contribution is -0.453. The summed E-state index contributed by atoms with van der Waals surface area (Å²) in [5.74, 6) is 0. The Morgan fingerprint density at radius 3 is 2.92 bits per heavy atom. The Labute approximate surface area is 69.2 Å². The minimum atomic E-state index is 0. The summed E-state index contributed by atoms with van der Waals surface area (Å²) in [4.78, 5) is 0.596. The highest BCUT2D eigenvalue weighted by Gasteiger charge is 2.11. The van der Waals surface area contributed by atoms with E-state index in [1.807, 2.05) is 18.2 Å². The molecule has 0 aliphatic carbocycles. The van der Waals surface area contributed by atoms with E-state index < -0.39 is 0 Å². The number of para-hydroxylation sites is 1. The van der Waals surface area contributed by atoms with Crippen molar-refractivity contribution in [3.8, 4) is 0 Å². The van der Waals surface area contributed by atoms with Gasteiger partial charge >= 0.3 is 0 Å². The third kappa shape index (κ3) is 1.22. The Balaban J connectivity index is 0.000000720. The van der Waals surface area contributed by atoms with Gasteiger partial charge in [-0.1, -0.05) is 18.2 Å². The van der Waals surface area contributed by atoms with E-state index in [1.54, 1.807) is 6.07 Å². The summed E-state index contributed by atoms with van der Waals surface area (Å²) in [6.45, 7) is 0.634. The molecule has 0 unspecified atom stereocenters. The van der Waals surface area contributed by atoms with E-state index in [-0.39, 0.29) is 5.48 Å². The van der Waals surface area contributed by atoms with Crippen molar-refractivity contribution in [1.82, 2.24) is 5.43 Å². The number of nitrogens with zero attached hydrogens (tertiary/aromatic N) is 2. The zero-order chi connectivity index (χ0) is 7.68. The van der Waals surface area contributed by atoms with E-state index in [0.717, 1.165) is 5.56 Å². The second-order valence-electron chi connectivity index (χ2n) is 2.34. The number of benzene rings is 1. The van der Waals surface area contributed by atoms with Gasteiger partial charge in [0.15, 0.2) is 5.69 Å². The van der Waals surface area contributed by atoms with Gasteiger partial charge in [0.1, 0.15) is 6.54 Å². The van der Waals surface area contributed by atoms with Crippen LogP contribution in [-0.2, 0) is 6.54 Å². The van der Waals surface area contributed by atoms with Gasteiger partial charge in [0.05, 0.1) is 5.22 Å². The average molecular weight is 167 g/mol. The molecule has 0 saturated heterocycles. The molecule has 5 nitrogen and oxygen atoms in total. The fraction of sp³-hybridized carbons (Fsp3) is 0.143. The first kappa shape index (κ1) is 8.48. The molecule has 64 valence electrons. The first-order chi connectivity index (χ1) is 5.38. The van der Waals surface area contributed by atoms with Crippen molar-refractivity contribution in [1.29, 1.82) is 0 Å². The number of rotatable bonds is 0. The summed E-state index contributed by atoms with van der Waals surface area (Å²) in [6, 6.07) is 7.39. The van der Waals surface area contributed by atoms with Crippen molar-refractivity contribution in [3.05, 3.63) is 35.0 Å². The summed E-state index contributed by atoms with van der Waals surface area (Å²) in [6.07, 6.45) is 0. The maximum atomic E-state index is 11.0. The second kappa shape index (κ2) is 3.19. The van der Waals surface area contributed by atoms with Crippen LogP contribution in [0.25, 0.3) is 0 Å². The maximum Gasteiger partial charge on any atom is 0.161 e. The number of fused-ring (bicyclic) bond motifs is 1. The van der Waals surface area contributed by atoms with Crippen LogP contribution >= 0.6 is 0 Å². The summed E-state index contributed by atoms with van der Waals surface area (Å²) in [5, 5.41) is 14.5. The van der Waals surface area contributed by atoms with Gasteiger partial charge in [-0.25, -0.2) is 0 Å². The predicted molar refractivity (Wildman–Crippen MR) is 42.6 cm³/mol. The fourth-order valence-corrected chi connectivity index (χ4v) is 1.09. The van der Waals surface area contributed by atoms with Crippen LogP contribution in [0.2, 0.25) is 0 Å². The molecule has 3 N–H and O–H groups in total. The molecule has 0 spiro atoms. The molecule has 1 aliphatic heterocycles. The summed E-state index contributed by atoms with van der Waals surface area (Å²) < 4.78 is 0. The van der Waals surface area contributed by atoms with Crippen LogP contribution in [0.1, 0.15) is 5.56 Å². The Morgan fingerprint density at radius 2 is 2.17 bits per heavy atom. The molecular formula is C7H9N3O2. The highest BCUT2D eigenvalue weighted by atomic mass is 16.5. The molecular weight excluding hydrogens is 158 g/mol. The molecule has 1 heterocycles. The first-order valence-corrected chi connectivity index (χ1v) is 3.36. The first-order valence-electron chi connectivity index (χ1n) is 3.36. The number of nitrogens with one attached hydrogen (secondary N) is 1. The van der Waals surface area contributed by atoms with E-state index in [1.165, 1.54) is 0 Å². The molecule has 1 aromatic carbocycles. The van der Waals surface area contributed by atoms with Gasteiger partial charge in [-0.05, 0) is 6.07 Å². The van der Waals surface area contributed by atoms with Crippen LogP contribution < -0.4 is 5.43 Å². The van der Waals surface area contributed by atoms with Crippen molar-refractivity contribution in [2.75, 3.05) is 0 Å². The van der Waals surface area contributed by atoms with E-state index >= 15 is 0 Å². The Kier molecular flexibility index (Phi) is 2.25. The van der Waals surface area contributed by atoms with Crippen LogP contribution in [0.3, 0.4) is 0 Å². The molecule has 0 saturated carbocycles. The quantitative estimate of drug-likeness (QED) is 0.450. The maximum absolute atomic E-state index is 11.0. The van der Waals surface area contributed by atoms with E-state index in [0.29, 0.717) is 17.1 Å². The average Bonchev–Trinajstić information content (AvgIpc) is 2.06. The zero-order valence-corrected chi connectivity index (χ0v) is 6.32. The molecule has 0 radical (unpaired) electrons.